The van der Waals surface area contributed by atoms with Crippen molar-refractivity contribution in [3.05, 3.63) is 59.2 Å². The van der Waals surface area contributed by atoms with Crippen LogP contribution in [-0.2, 0) is 11.3 Å². The Hall–Kier alpha value is -2.49. The lowest BCUT2D eigenvalue weighted by molar-refractivity contribution is 0.0601. The Balaban J connectivity index is 2.28. The molecule has 0 unspecified atom stereocenters. The molecule has 2 rings (SSSR count). The van der Waals surface area contributed by atoms with Crippen LogP contribution in [0.3, 0.4) is 0 Å². The summed E-state index contributed by atoms with van der Waals surface area (Å²) in [5.74, 6) is -0.381. The molecular weight excluding hydrogens is 264 g/mol. The van der Waals surface area contributed by atoms with Crippen LogP contribution >= 0.6 is 0 Å². The first kappa shape index (κ1) is 14.9. The maximum Gasteiger partial charge on any atom is 0.340 e. The molecule has 21 heavy (non-hydrogen) atoms. The van der Waals surface area contributed by atoms with Crippen LogP contribution in [-0.4, -0.2) is 20.1 Å². The highest BCUT2D eigenvalue weighted by atomic mass is 16.5. The first-order valence-corrected chi connectivity index (χ1v) is 6.76. The maximum atomic E-state index is 11.9. The molecule has 0 saturated heterocycles. The van der Waals surface area contributed by atoms with Gasteiger partial charge in [-0.15, -0.1) is 0 Å². The Morgan fingerprint density at radius 1 is 1.19 bits per heavy atom. The van der Waals surface area contributed by atoms with Gasteiger partial charge in [0, 0.05) is 19.3 Å². The van der Waals surface area contributed by atoms with Gasteiger partial charge in [-0.05, 0) is 30.7 Å². The third kappa shape index (κ3) is 3.54. The van der Waals surface area contributed by atoms with Crippen LogP contribution in [0.1, 0.15) is 21.5 Å². The number of esters is 1. The number of hydrogen-bond donors (Lipinski definition) is 1. The summed E-state index contributed by atoms with van der Waals surface area (Å²) < 4.78 is 4.83. The van der Waals surface area contributed by atoms with Gasteiger partial charge in [-0.3, -0.25) is 0 Å². The summed E-state index contributed by atoms with van der Waals surface area (Å²) in [5.41, 5.74) is 9.99. The van der Waals surface area contributed by atoms with Gasteiger partial charge in [0.2, 0.25) is 0 Å². The lowest BCUT2D eigenvalue weighted by Gasteiger charge is -2.22. The first-order valence-electron chi connectivity index (χ1n) is 6.76. The normalized spacial score (nSPS) is 10.2. The minimum Gasteiger partial charge on any atom is -0.465 e. The van der Waals surface area contributed by atoms with E-state index in [4.69, 9.17) is 10.5 Å². The van der Waals surface area contributed by atoms with E-state index in [9.17, 15) is 4.79 Å². The van der Waals surface area contributed by atoms with E-state index in [0.29, 0.717) is 17.8 Å². The first-order chi connectivity index (χ1) is 10.0. The molecule has 0 aliphatic heterocycles. The number of anilines is 2. The lowest BCUT2D eigenvalue weighted by Crippen LogP contribution is -2.20. The second-order valence-electron chi connectivity index (χ2n) is 5.11. The second-order valence-corrected chi connectivity index (χ2v) is 5.11. The summed E-state index contributed by atoms with van der Waals surface area (Å²) in [6.45, 7) is 2.76. The number of carbonyl (C=O) groups is 1. The van der Waals surface area contributed by atoms with E-state index < -0.39 is 0 Å². The zero-order chi connectivity index (χ0) is 15.4. The van der Waals surface area contributed by atoms with Gasteiger partial charge in [0.1, 0.15) is 0 Å². The van der Waals surface area contributed by atoms with Gasteiger partial charge in [0.25, 0.3) is 0 Å². The number of rotatable bonds is 4. The number of nitrogen functional groups attached to an aromatic ring is 1. The van der Waals surface area contributed by atoms with E-state index in [-0.39, 0.29) is 5.97 Å². The molecule has 0 amide bonds. The van der Waals surface area contributed by atoms with Crippen molar-refractivity contribution in [2.75, 3.05) is 24.8 Å². The molecule has 0 heterocycles. The van der Waals surface area contributed by atoms with Gasteiger partial charge >= 0.3 is 5.97 Å². The zero-order valence-electron chi connectivity index (χ0n) is 12.6. The predicted octanol–water partition coefficient (Wildman–Crippen LogP) is 3.00. The molecule has 0 saturated carbocycles. The van der Waals surface area contributed by atoms with Crippen molar-refractivity contribution in [2.24, 2.45) is 0 Å². The summed E-state index contributed by atoms with van der Waals surface area (Å²) in [7, 11) is 3.31. The van der Waals surface area contributed by atoms with E-state index in [2.05, 4.69) is 31.2 Å². The molecule has 0 aliphatic carbocycles. The Labute approximate surface area is 125 Å². The minimum atomic E-state index is -0.381. The third-order valence-corrected chi connectivity index (χ3v) is 3.38. The highest BCUT2D eigenvalue weighted by Gasteiger charge is 2.15. The van der Waals surface area contributed by atoms with E-state index >= 15 is 0 Å². The average molecular weight is 284 g/mol. The molecular formula is C17H20N2O2. The Morgan fingerprint density at radius 3 is 2.48 bits per heavy atom. The van der Waals surface area contributed by atoms with Gasteiger partial charge in [0.05, 0.1) is 18.4 Å². The molecule has 4 heteroatoms. The number of ether oxygens (including phenoxy) is 1. The van der Waals surface area contributed by atoms with Crippen LogP contribution in [0.5, 0.6) is 0 Å². The SMILES string of the molecule is COC(=O)c1cc(N)ccc1N(C)Cc1ccc(C)cc1. The van der Waals surface area contributed by atoms with Crippen molar-refractivity contribution in [1.29, 1.82) is 0 Å². The van der Waals surface area contributed by atoms with Crippen LogP contribution in [0, 0.1) is 6.92 Å². The summed E-state index contributed by atoms with van der Waals surface area (Å²) in [5, 5.41) is 0. The van der Waals surface area contributed by atoms with E-state index in [1.54, 1.807) is 12.1 Å². The standard InChI is InChI=1S/C17H20N2O2/c1-12-4-6-13(7-5-12)11-19(2)16-9-8-14(18)10-15(16)17(20)21-3/h4-10H,11,18H2,1-3H3. The van der Waals surface area contributed by atoms with Crippen LogP contribution in [0.15, 0.2) is 42.5 Å². The van der Waals surface area contributed by atoms with Crippen molar-refractivity contribution in [2.45, 2.75) is 13.5 Å². The molecule has 0 aliphatic rings. The highest BCUT2D eigenvalue weighted by molar-refractivity contribution is 5.96. The van der Waals surface area contributed by atoms with E-state index in [1.807, 2.05) is 18.0 Å². The van der Waals surface area contributed by atoms with Gasteiger partial charge in [-0.25, -0.2) is 4.79 Å². The number of benzene rings is 2. The van der Waals surface area contributed by atoms with Gasteiger partial charge < -0.3 is 15.4 Å². The van der Waals surface area contributed by atoms with Gasteiger partial charge in [-0.1, -0.05) is 29.8 Å². The van der Waals surface area contributed by atoms with Crippen LogP contribution < -0.4 is 10.6 Å². The Bertz CT molecular complexity index is 636. The molecule has 2 N–H and O–H groups in total. The summed E-state index contributed by atoms with van der Waals surface area (Å²) in [4.78, 5) is 13.9. The molecule has 110 valence electrons. The van der Waals surface area contributed by atoms with Crippen molar-refractivity contribution >= 4 is 17.3 Å². The molecule has 2 aromatic carbocycles. The smallest absolute Gasteiger partial charge is 0.340 e. The zero-order valence-corrected chi connectivity index (χ0v) is 12.6. The molecule has 0 radical (unpaired) electrons. The summed E-state index contributed by atoms with van der Waals surface area (Å²) in [6.07, 6.45) is 0. The number of aryl methyl sites for hydroxylation is 1. The number of nitrogens with two attached hydrogens (primary N) is 1. The van der Waals surface area contributed by atoms with Crippen molar-refractivity contribution in [3.8, 4) is 0 Å². The minimum absolute atomic E-state index is 0.381. The fourth-order valence-electron chi connectivity index (χ4n) is 2.21. The highest BCUT2D eigenvalue weighted by Crippen LogP contribution is 2.24. The molecule has 0 aromatic heterocycles. The molecule has 4 nitrogen and oxygen atoms in total. The average Bonchev–Trinajstić information content (AvgIpc) is 2.48. The van der Waals surface area contributed by atoms with Crippen molar-refractivity contribution in [3.63, 3.8) is 0 Å². The van der Waals surface area contributed by atoms with E-state index in [0.717, 1.165) is 5.69 Å². The van der Waals surface area contributed by atoms with Crippen LogP contribution in [0.2, 0.25) is 0 Å². The number of methoxy groups -OCH3 is 1. The van der Waals surface area contributed by atoms with Crippen LogP contribution in [0.25, 0.3) is 0 Å². The predicted molar refractivity (Wildman–Crippen MR) is 85.5 cm³/mol. The van der Waals surface area contributed by atoms with Gasteiger partial charge in [-0.2, -0.15) is 0 Å². The largest absolute Gasteiger partial charge is 0.465 e. The quantitative estimate of drug-likeness (QED) is 0.692. The van der Waals surface area contributed by atoms with E-state index in [1.165, 1.54) is 18.2 Å². The number of nitrogens with zero attached hydrogens (tertiary/aromatic N) is 1. The molecule has 0 atom stereocenters. The number of hydrogen-bond acceptors (Lipinski definition) is 4. The topological polar surface area (TPSA) is 55.6 Å². The molecule has 0 fully saturated rings. The third-order valence-electron chi connectivity index (χ3n) is 3.38. The number of carbonyl (C=O) groups excluding carboxylic acids is 1. The Morgan fingerprint density at radius 2 is 1.86 bits per heavy atom. The maximum absolute atomic E-state index is 11.9. The van der Waals surface area contributed by atoms with Crippen LogP contribution in [0.4, 0.5) is 11.4 Å². The van der Waals surface area contributed by atoms with Crippen molar-refractivity contribution < 1.29 is 9.53 Å². The monoisotopic (exact) mass is 284 g/mol. The summed E-state index contributed by atoms with van der Waals surface area (Å²) >= 11 is 0. The second kappa shape index (κ2) is 6.31. The lowest BCUT2D eigenvalue weighted by atomic mass is 10.1. The Kier molecular flexibility index (Phi) is 4.48. The molecule has 0 spiro atoms. The molecule has 0 bridgehead atoms. The van der Waals surface area contributed by atoms with Crippen molar-refractivity contribution in [1.82, 2.24) is 0 Å². The van der Waals surface area contributed by atoms with Gasteiger partial charge in [0.15, 0.2) is 0 Å². The molecule has 2 aromatic rings. The fraction of sp³-hybridized carbons (Fsp3) is 0.235. The summed E-state index contributed by atoms with van der Waals surface area (Å²) in [6, 6.07) is 13.6. The fourth-order valence-corrected chi connectivity index (χ4v) is 2.21.